The number of carbonyl (C=O) groups excluding carboxylic acids is 2. The molecule has 26 heavy (non-hydrogen) atoms. The highest BCUT2D eigenvalue weighted by Crippen LogP contribution is 2.27. The Labute approximate surface area is 164 Å². The zero-order chi connectivity index (χ0) is 18.8. The minimum atomic E-state index is -0.400. The molecule has 1 unspecified atom stereocenters. The molecular weight excluding hydrogens is 373 g/mol. The Kier molecular flexibility index (Phi) is 6.10. The number of benzene rings is 1. The zero-order valence-corrected chi connectivity index (χ0v) is 16.8. The van der Waals surface area contributed by atoms with E-state index in [1.807, 2.05) is 4.90 Å². The van der Waals surface area contributed by atoms with Crippen LogP contribution in [0.15, 0.2) is 18.2 Å². The molecule has 0 N–H and O–H groups in total. The predicted molar refractivity (Wildman–Crippen MR) is 104 cm³/mol. The largest absolute Gasteiger partial charge is 0.338 e. The van der Waals surface area contributed by atoms with Crippen molar-refractivity contribution in [1.29, 1.82) is 0 Å². The molecule has 2 heterocycles. The van der Waals surface area contributed by atoms with E-state index < -0.39 is 6.04 Å². The molecule has 0 saturated carbocycles. The molecular formula is C19H25Cl2N3O2. The summed E-state index contributed by atoms with van der Waals surface area (Å²) in [5.41, 5.74) is 0.364. The number of halogens is 2. The molecule has 1 aromatic carbocycles. The molecule has 142 valence electrons. The van der Waals surface area contributed by atoms with Crippen LogP contribution in [0.4, 0.5) is 0 Å². The van der Waals surface area contributed by atoms with Crippen LogP contribution in [0.3, 0.4) is 0 Å². The first-order valence-electron chi connectivity index (χ1n) is 9.17. The molecule has 7 heteroatoms. The first kappa shape index (κ1) is 19.5. The van der Waals surface area contributed by atoms with Crippen molar-refractivity contribution in [2.24, 2.45) is 0 Å². The van der Waals surface area contributed by atoms with Crippen LogP contribution in [0.1, 0.15) is 37.0 Å². The van der Waals surface area contributed by atoms with Gasteiger partial charge in [-0.1, -0.05) is 23.2 Å². The summed E-state index contributed by atoms with van der Waals surface area (Å²) in [4.78, 5) is 31.9. The SMILES string of the molecule is CC(C)N1CCN(C(=O)C2CCCN2C(=O)c2cc(Cl)ccc2Cl)CC1. The molecule has 0 aromatic heterocycles. The molecule has 2 aliphatic rings. The number of hydrogen-bond donors (Lipinski definition) is 0. The van der Waals surface area contributed by atoms with Gasteiger partial charge in [0.05, 0.1) is 10.6 Å². The normalized spacial score (nSPS) is 21.5. The van der Waals surface area contributed by atoms with Crippen LogP contribution in [0.5, 0.6) is 0 Å². The van der Waals surface area contributed by atoms with E-state index in [-0.39, 0.29) is 11.8 Å². The van der Waals surface area contributed by atoms with E-state index in [9.17, 15) is 9.59 Å². The number of hydrogen-bond acceptors (Lipinski definition) is 3. The summed E-state index contributed by atoms with van der Waals surface area (Å²) >= 11 is 12.2. The van der Waals surface area contributed by atoms with Crippen molar-refractivity contribution in [3.63, 3.8) is 0 Å². The first-order valence-corrected chi connectivity index (χ1v) is 9.93. The second-order valence-electron chi connectivity index (χ2n) is 7.24. The molecule has 0 aliphatic carbocycles. The third-order valence-corrected chi connectivity index (χ3v) is 5.88. The Morgan fingerprint density at radius 3 is 2.42 bits per heavy atom. The average Bonchev–Trinajstić information content (AvgIpc) is 3.12. The number of rotatable bonds is 3. The van der Waals surface area contributed by atoms with Crippen LogP contribution in [0, 0.1) is 0 Å². The summed E-state index contributed by atoms with van der Waals surface area (Å²) in [6, 6.07) is 4.94. The van der Waals surface area contributed by atoms with Gasteiger partial charge < -0.3 is 9.80 Å². The number of amides is 2. The maximum atomic E-state index is 13.0. The summed E-state index contributed by atoms with van der Waals surface area (Å²) < 4.78 is 0. The number of carbonyl (C=O) groups is 2. The van der Waals surface area contributed by atoms with Gasteiger partial charge in [-0.3, -0.25) is 14.5 Å². The molecule has 5 nitrogen and oxygen atoms in total. The lowest BCUT2D eigenvalue weighted by Crippen LogP contribution is -2.55. The van der Waals surface area contributed by atoms with Crippen molar-refractivity contribution in [2.45, 2.75) is 38.8 Å². The minimum Gasteiger partial charge on any atom is -0.338 e. The number of piperazine rings is 1. The van der Waals surface area contributed by atoms with Crippen molar-refractivity contribution in [3.8, 4) is 0 Å². The molecule has 0 bridgehead atoms. The Balaban J connectivity index is 1.71. The second-order valence-corrected chi connectivity index (χ2v) is 8.08. The Morgan fingerprint density at radius 2 is 1.77 bits per heavy atom. The van der Waals surface area contributed by atoms with Crippen LogP contribution in [0.2, 0.25) is 10.0 Å². The fraction of sp³-hybridized carbons (Fsp3) is 0.579. The molecule has 2 fully saturated rings. The lowest BCUT2D eigenvalue weighted by Gasteiger charge is -2.39. The number of nitrogens with zero attached hydrogens (tertiary/aromatic N) is 3. The van der Waals surface area contributed by atoms with Crippen LogP contribution in [0.25, 0.3) is 0 Å². The van der Waals surface area contributed by atoms with E-state index in [1.165, 1.54) is 0 Å². The highest BCUT2D eigenvalue weighted by molar-refractivity contribution is 6.35. The van der Waals surface area contributed by atoms with Gasteiger partial charge in [0.1, 0.15) is 6.04 Å². The lowest BCUT2D eigenvalue weighted by molar-refractivity contribution is -0.137. The summed E-state index contributed by atoms with van der Waals surface area (Å²) in [6.45, 7) is 8.10. The van der Waals surface area contributed by atoms with Gasteiger partial charge in [-0.05, 0) is 44.9 Å². The minimum absolute atomic E-state index is 0.0532. The number of likely N-dealkylation sites (tertiary alicyclic amines) is 1. The summed E-state index contributed by atoms with van der Waals surface area (Å²) in [5, 5.41) is 0.827. The molecule has 2 amide bonds. The zero-order valence-electron chi connectivity index (χ0n) is 15.3. The van der Waals surface area contributed by atoms with E-state index >= 15 is 0 Å². The van der Waals surface area contributed by atoms with Crippen LogP contribution < -0.4 is 0 Å². The van der Waals surface area contributed by atoms with Crippen LogP contribution in [-0.2, 0) is 4.79 Å². The van der Waals surface area contributed by atoms with Crippen molar-refractivity contribution >= 4 is 35.0 Å². The van der Waals surface area contributed by atoms with Gasteiger partial charge in [0.25, 0.3) is 5.91 Å². The summed E-state index contributed by atoms with van der Waals surface area (Å²) in [7, 11) is 0. The maximum absolute atomic E-state index is 13.0. The fourth-order valence-corrected chi connectivity index (χ4v) is 4.12. The van der Waals surface area contributed by atoms with E-state index in [0.717, 1.165) is 19.5 Å². The Bertz CT molecular complexity index is 687. The second kappa shape index (κ2) is 8.15. The van der Waals surface area contributed by atoms with Gasteiger partial charge in [0, 0.05) is 43.8 Å². The van der Waals surface area contributed by atoms with E-state index in [2.05, 4.69) is 18.7 Å². The average molecular weight is 398 g/mol. The van der Waals surface area contributed by atoms with Gasteiger partial charge >= 0.3 is 0 Å². The highest BCUT2D eigenvalue weighted by atomic mass is 35.5. The standard InChI is InChI=1S/C19H25Cl2N3O2/c1-13(2)22-8-10-23(11-9-22)19(26)17-4-3-7-24(17)18(25)15-12-14(20)5-6-16(15)21/h5-6,12-13,17H,3-4,7-11H2,1-2H3. The quantitative estimate of drug-likeness (QED) is 0.786. The Morgan fingerprint density at radius 1 is 1.08 bits per heavy atom. The smallest absolute Gasteiger partial charge is 0.256 e. The summed E-state index contributed by atoms with van der Waals surface area (Å²) in [6.07, 6.45) is 1.53. The van der Waals surface area contributed by atoms with Gasteiger partial charge in [-0.25, -0.2) is 0 Å². The van der Waals surface area contributed by atoms with Crippen molar-refractivity contribution in [1.82, 2.24) is 14.7 Å². The topological polar surface area (TPSA) is 43.9 Å². The van der Waals surface area contributed by atoms with Crippen LogP contribution in [-0.4, -0.2) is 71.3 Å². The highest BCUT2D eigenvalue weighted by Gasteiger charge is 2.38. The third-order valence-electron chi connectivity index (χ3n) is 5.31. The van der Waals surface area contributed by atoms with Crippen molar-refractivity contribution < 1.29 is 9.59 Å². The molecule has 2 aliphatic heterocycles. The molecule has 0 radical (unpaired) electrons. The van der Waals surface area contributed by atoms with E-state index in [1.54, 1.807) is 23.1 Å². The lowest BCUT2D eigenvalue weighted by atomic mass is 10.1. The summed E-state index contributed by atoms with van der Waals surface area (Å²) in [5.74, 6) is -0.161. The first-order chi connectivity index (χ1) is 12.4. The fourth-order valence-electron chi connectivity index (χ4n) is 3.75. The van der Waals surface area contributed by atoms with Crippen molar-refractivity contribution in [2.75, 3.05) is 32.7 Å². The van der Waals surface area contributed by atoms with Crippen molar-refractivity contribution in [3.05, 3.63) is 33.8 Å². The predicted octanol–water partition coefficient (Wildman–Crippen LogP) is 3.15. The maximum Gasteiger partial charge on any atom is 0.256 e. The van der Waals surface area contributed by atoms with Gasteiger partial charge in [-0.15, -0.1) is 0 Å². The van der Waals surface area contributed by atoms with E-state index in [0.29, 0.717) is 47.7 Å². The monoisotopic (exact) mass is 397 g/mol. The van der Waals surface area contributed by atoms with E-state index in [4.69, 9.17) is 23.2 Å². The molecule has 3 rings (SSSR count). The third kappa shape index (κ3) is 4.00. The van der Waals surface area contributed by atoms with Gasteiger partial charge in [0.2, 0.25) is 5.91 Å². The van der Waals surface area contributed by atoms with Gasteiger partial charge in [0.15, 0.2) is 0 Å². The molecule has 2 saturated heterocycles. The van der Waals surface area contributed by atoms with Crippen LogP contribution >= 0.6 is 23.2 Å². The molecule has 1 aromatic rings. The Hall–Kier alpha value is -1.30. The molecule has 1 atom stereocenters. The molecule has 0 spiro atoms. The van der Waals surface area contributed by atoms with Gasteiger partial charge in [-0.2, -0.15) is 0 Å².